The highest BCUT2D eigenvalue weighted by atomic mass is 16.4. The Hall–Kier alpha value is -2.51. The lowest BCUT2D eigenvalue weighted by atomic mass is 10.2. The van der Waals surface area contributed by atoms with E-state index in [4.69, 9.17) is 5.11 Å². The topological polar surface area (TPSA) is 112 Å². The first-order chi connectivity index (χ1) is 9.31. The highest BCUT2D eigenvalue weighted by molar-refractivity contribution is 5.97. The molecule has 20 heavy (non-hydrogen) atoms. The van der Waals surface area contributed by atoms with Crippen molar-refractivity contribution in [2.75, 3.05) is 0 Å². The van der Waals surface area contributed by atoms with Crippen LogP contribution in [0.5, 0.6) is 0 Å². The molecule has 0 aliphatic rings. The van der Waals surface area contributed by atoms with Gasteiger partial charge in [-0.2, -0.15) is 0 Å². The first-order valence-electron chi connectivity index (χ1n) is 5.97. The zero-order valence-corrected chi connectivity index (χ0v) is 11.5. The van der Waals surface area contributed by atoms with Crippen LogP contribution in [0.1, 0.15) is 24.2 Å². The van der Waals surface area contributed by atoms with Gasteiger partial charge in [0.2, 0.25) is 12.1 Å². The average molecular weight is 281 g/mol. The lowest BCUT2D eigenvalue weighted by Gasteiger charge is -2.15. The van der Waals surface area contributed by atoms with Crippen LogP contribution in [0.15, 0.2) is 18.5 Å². The number of carboxylic acid groups (broad SMARTS) is 1. The number of aromatic nitrogens is 2. The number of aryl methyl sites for hydroxylation is 1. The minimum Gasteiger partial charge on any atom is -0.480 e. The van der Waals surface area contributed by atoms with E-state index in [-0.39, 0.29) is 0 Å². The maximum absolute atomic E-state index is 11.9. The molecule has 0 aliphatic carbocycles. The highest BCUT2D eigenvalue weighted by Crippen LogP contribution is 1.95. The smallest absolute Gasteiger partial charge is 0.325 e. The monoisotopic (exact) mass is 281 g/mol. The summed E-state index contributed by atoms with van der Waals surface area (Å²) in [5.74, 6) is -2.14. The van der Waals surface area contributed by atoms with Gasteiger partial charge in [-0.15, -0.1) is 0 Å². The molecule has 0 spiro atoms. The van der Waals surface area contributed by atoms with Crippen molar-refractivity contribution in [2.24, 2.45) is 7.05 Å². The Morgan fingerprint density at radius 3 is 2.45 bits per heavy atom. The van der Waals surface area contributed by atoms with Crippen molar-refractivity contribution in [2.45, 2.75) is 25.9 Å². The SMILES string of the molecule is C[C@H](NC(=O)[C@H](C)NC(=O)c1ccn[n+](C)c1)C(=O)O. The molecule has 3 N–H and O–H groups in total. The number of carbonyl (C=O) groups is 3. The number of carbonyl (C=O) groups excluding carboxylic acids is 2. The van der Waals surface area contributed by atoms with E-state index < -0.39 is 29.9 Å². The number of hydrogen-bond donors (Lipinski definition) is 3. The number of amides is 2. The van der Waals surface area contributed by atoms with E-state index >= 15 is 0 Å². The van der Waals surface area contributed by atoms with Gasteiger partial charge in [0.25, 0.3) is 5.91 Å². The van der Waals surface area contributed by atoms with E-state index in [1.54, 1.807) is 7.05 Å². The summed E-state index contributed by atoms with van der Waals surface area (Å²) in [5.41, 5.74) is 0.355. The number of rotatable bonds is 5. The molecule has 0 aliphatic heterocycles. The lowest BCUT2D eigenvalue weighted by molar-refractivity contribution is -0.731. The normalized spacial score (nSPS) is 13.2. The van der Waals surface area contributed by atoms with Crippen molar-refractivity contribution >= 4 is 17.8 Å². The van der Waals surface area contributed by atoms with E-state index in [9.17, 15) is 14.4 Å². The van der Waals surface area contributed by atoms with Crippen LogP contribution in [0.4, 0.5) is 0 Å². The number of nitrogens with zero attached hydrogens (tertiary/aromatic N) is 2. The molecule has 1 aromatic heterocycles. The van der Waals surface area contributed by atoms with Gasteiger partial charge < -0.3 is 15.7 Å². The second kappa shape index (κ2) is 6.60. The molecule has 0 saturated heterocycles. The minimum absolute atomic E-state index is 0.355. The average Bonchev–Trinajstić information content (AvgIpc) is 2.38. The van der Waals surface area contributed by atoms with Crippen molar-refractivity contribution in [1.29, 1.82) is 0 Å². The van der Waals surface area contributed by atoms with E-state index in [2.05, 4.69) is 15.7 Å². The molecule has 0 radical (unpaired) electrons. The second-order valence-corrected chi connectivity index (χ2v) is 4.35. The number of aliphatic carboxylic acids is 1. The summed E-state index contributed by atoms with van der Waals surface area (Å²) >= 11 is 0. The van der Waals surface area contributed by atoms with E-state index in [0.717, 1.165) is 0 Å². The van der Waals surface area contributed by atoms with Gasteiger partial charge in [-0.05, 0) is 25.0 Å². The van der Waals surface area contributed by atoms with Crippen molar-refractivity contribution in [3.05, 3.63) is 24.0 Å². The zero-order chi connectivity index (χ0) is 15.3. The van der Waals surface area contributed by atoms with Crippen molar-refractivity contribution < 1.29 is 24.2 Å². The molecule has 0 saturated carbocycles. The molecule has 1 heterocycles. The van der Waals surface area contributed by atoms with Crippen LogP contribution < -0.4 is 15.3 Å². The molecular weight excluding hydrogens is 264 g/mol. The van der Waals surface area contributed by atoms with Gasteiger partial charge in [0, 0.05) is 0 Å². The zero-order valence-electron chi connectivity index (χ0n) is 11.5. The van der Waals surface area contributed by atoms with Crippen LogP contribution in [-0.4, -0.2) is 40.1 Å². The van der Waals surface area contributed by atoms with Gasteiger partial charge in [-0.1, -0.05) is 4.68 Å². The molecular formula is C12H17N4O4+. The van der Waals surface area contributed by atoms with Crippen LogP contribution in [0, 0.1) is 0 Å². The molecule has 2 atom stereocenters. The third kappa shape index (κ3) is 4.30. The number of carboxylic acids is 1. The molecule has 2 amide bonds. The standard InChI is InChI=1S/C12H16N4O4/c1-7(10(17)15-8(2)12(19)20)14-11(18)9-4-5-13-16(3)6-9/h4-8H,1-3H3,(H2-,14,15,17,18,19,20)/p+1/t7-,8-/m0/s1. The van der Waals surface area contributed by atoms with E-state index in [1.807, 2.05) is 0 Å². The van der Waals surface area contributed by atoms with Crippen molar-refractivity contribution in [3.8, 4) is 0 Å². The molecule has 0 fully saturated rings. The first kappa shape index (κ1) is 15.5. The summed E-state index contributed by atoms with van der Waals surface area (Å²) < 4.78 is 1.46. The first-order valence-corrected chi connectivity index (χ1v) is 5.97. The van der Waals surface area contributed by atoms with E-state index in [0.29, 0.717) is 5.56 Å². The summed E-state index contributed by atoms with van der Waals surface area (Å²) in [4.78, 5) is 34.2. The quantitative estimate of drug-likeness (QED) is 0.575. The van der Waals surface area contributed by atoms with Crippen LogP contribution in [0.3, 0.4) is 0 Å². The maximum atomic E-state index is 11.9. The summed E-state index contributed by atoms with van der Waals surface area (Å²) in [6.07, 6.45) is 2.98. The third-order valence-electron chi connectivity index (χ3n) is 2.56. The number of hydrogen-bond acceptors (Lipinski definition) is 4. The fourth-order valence-corrected chi connectivity index (χ4v) is 1.38. The Labute approximate surface area is 115 Å². The predicted molar refractivity (Wildman–Crippen MR) is 67.6 cm³/mol. The van der Waals surface area contributed by atoms with Gasteiger partial charge >= 0.3 is 5.97 Å². The van der Waals surface area contributed by atoms with E-state index in [1.165, 1.54) is 37.0 Å². The van der Waals surface area contributed by atoms with Gasteiger partial charge in [0.05, 0.1) is 6.20 Å². The highest BCUT2D eigenvalue weighted by Gasteiger charge is 2.21. The molecule has 1 aromatic rings. The van der Waals surface area contributed by atoms with Crippen LogP contribution in [0.25, 0.3) is 0 Å². The fraction of sp³-hybridized carbons (Fsp3) is 0.417. The molecule has 108 valence electrons. The molecule has 8 nitrogen and oxygen atoms in total. The molecule has 0 aromatic carbocycles. The van der Waals surface area contributed by atoms with Crippen LogP contribution in [0.2, 0.25) is 0 Å². The summed E-state index contributed by atoms with van der Waals surface area (Å²) in [6, 6.07) is -0.344. The fourth-order valence-electron chi connectivity index (χ4n) is 1.38. The molecule has 0 unspecified atom stereocenters. The third-order valence-corrected chi connectivity index (χ3v) is 2.56. The van der Waals surface area contributed by atoms with Gasteiger partial charge in [0.15, 0.2) is 7.05 Å². The van der Waals surface area contributed by atoms with Gasteiger partial charge in [-0.25, -0.2) is 0 Å². The van der Waals surface area contributed by atoms with Crippen LogP contribution in [-0.2, 0) is 16.6 Å². The Bertz CT molecular complexity index is 532. The minimum atomic E-state index is -1.14. The summed E-state index contributed by atoms with van der Waals surface area (Å²) in [6.45, 7) is 2.82. The molecule has 8 heteroatoms. The van der Waals surface area contributed by atoms with Gasteiger partial charge in [-0.3, -0.25) is 14.4 Å². The Morgan fingerprint density at radius 2 is 1.90 bits per heavy atom. The lowest BCUT2D eigenvalue weighted by Crippen LogP contribution is -2.49. The van der Waals surface area contributed by atoms with Crippen LogP contribution >= 0.6 is 0 Å². The summed E-state index contributed by atoms with van der Waals surface area (Å²) in [7, 11) is 1.67. The second-order valence-electron chi connectivity index (χ2n) is 4.35. The molecule has 0 bridgehead atoms. The molecule has 1 rings (SSSR count). The Morgan fingerprint density at radius 1 is 1.25 bits per heavy atom. The predicted octanol–water partition coefficient (Wildman–Crippen LogP) is -1.39. The van der Waals surface area contributed by atoms with Crippen molar-refractivity contribution in [1.82, 2.24) is 15.7 Å². The number of nitrogens with one attached hydrogen (secondary N) is 2. The Kier molecular flexibility index (Phi) is 5.13. The summed E-state index contributed by atoms with van der Waals surface area (Å²) in [5, 5.41) is 17.3. The largest absolute Gasteiger partial charge is 0.480 e. The van der Waals surface area contributed by atoms with Crippen molar-refractivity contribution in [3.63, 3.8) is 0 Å². The van der Waals surface area contributed by atoms with Gasteiger partial charge in [0.1, 0.15) is 17.6 Å². The maximum Gasteiger partial charge on any atom is 0.325 e. The Balaban J connectivity index is 2.61.